The first kappa shape index (κ1) is 27.0. The fourth-order valence-corrected chi connectivity index (χ4v) is 6.82. The third kappa shape index (κ3) is 3.73. The third-order valence-corrected chi connectivity index (χ3v) is 8.62. The summed E-state index contributed by atoms with van der Waals surface area (Å²) in [5, 5.41) is 49.1. The summed E-state index contributed by atoms with van der Waals surface area (Å²) in [4.78, 5) is 44.8. The van der Waals surface area contributed by atoms with Crippen LogP contribution in [0.4, 0.5) is 11.4 Å². The van der Waals surface area contributed by atoms with Gasteiger partial charge in [0.25, 0.3) is 5.91 Å². The van der Waals surface area contributed by atoms with Crippen LogP contribution in [-0.4, -0.2) is 109 Å². The van der Waals surface area contributed by atoms with Gasteiger partial charge in [-0.15, -0.1) is 0 Å². The second kappa shape index (κ2) is 9.25. The first-order valence-electron chi connectivity index (χ1n) is 13.0. The van der Waals surface area contributed by atoms with Crippen LogP contribution in [0, 0.1) is 11.8 Å². The number of carbonyl (C=O) groups is 3. The van der Waals surface area contributed by atoms with Gasteiger partial charge in [-0.05, 0) is 44.5 Å². The highest BCUT2D eigenvalue weighted by Crippen LogP contribution is 2.55. The van der Waals surface area contributed by atoms with Gasteiger partial charge in [0, 0.05) is 57.5 Å². The number of likely N-dealkylation sites (N-methyl/N-ethyl adjacent to an activating group) is 1. The summed E-state index contributed by atoms with van der Waals surface area (Å²) in [7, 11) is 6.86. The Balaban J connectivity index is 1.74. The Bertz CT molecular complexity index is 1340. The maximum Gasteiger partial charge on any atom is 0.255 e. The molecule has 0 bridgehead atoms. The number of carbonyl (C=O) groups excluding carboxylic acids is 3. The highest BCUT2D eigenvalue weighted by Gasteiger charge is 2.64. The van der Waals surface area contributed by atoms with Crippen LogP contribution in [0.2, 0.25) is 0 Å². The van der Waals surface area contributed by atoms with Crippen molar-refractivity contribution in [3.05, 3.63) is 34.1 Å². The number of aliphatic hydroxyl groups is 3. The number of aromatic hydroxyl groups is 1. The first-order chi connectivity index (χ1) is 18.3. The minimum absolute atomic E-state index is 0.0545. The molecule has 1 saturated heterocycles. The smallest absolute Gasteiger partial charge is 0.255 e. The van der Waals surface area contributed by atoms with E-state index >= 15 is 0 Å². The number of fused-ring (bicyclic) bond motifs is 3. The molecule has 0 radical (unpaired) electrons. The number of amides is 1. The number of primary amides is 1. The Hall–Kier alpha value is -3.61. The van der Waals surface area contributed by atoms with E-state index in [1.165, 1.54) is 4.90 Å². The van der Waals surface area contributed by atoms with Gasteiger partial charge in [0.1, 0.15) is 22.8 Å². The predicted molar refractivity (Wildman–Crippen MR) is 144 cm³/mol. The Labute approximate surface area is 226 Å². The maximum absolute atomic E-state index is 14.1. The van der Waals surface area contributed by atoms with Crippen LogP contribution < -0.4 is 20.9 Å². The molecule has 2 fully saturated rings. The number of ketones is 2. The molecule has 0 unspecified atom stereocenters. The van der Waals surface area contributed by atoms with Gasteiger partial charge in [0.15, 0.2) is 11.4 Å². The van der Waals surface area contributed by atoms with Crippen molar-refractivity contribution in [1.29, 1.82) is 0 Å². The van der Waals surface area contributed by atoms with E-state index in [0.29, 0.717) is 24.3 Å². The molecule has 4 atom stereocenters. The standard InChI is InChI=1S/C27H35N5O7/c1-30(2)15-11-16(32-7-5-29-6-8-32)21(33)18-13(15)9-12-10-14-20(31(3)4)23(35)19(26(28)38)25(37)27(14,39)24(36)17(12)22(18)34/h11-12,14,20,29,33-34,37,39H,5-10H2,1-4H3,(H2,28,38)/t12-,14-,20-,27-/m0/s1. The summed E-state index contributed by atoms with van der Waals surface area (Å²) in [6.45, 7) is 2.70. The van der Waals surface area contributed by atoms with Crippen LogP contribution in [0.3, 0.4) is 0 Å². The number of phenols is 1. The second-order valence-corrected chi connectivity index (χ2v) is 11.2. The Kier molecular flexibility index (Phi) is 6.40. The maximum atomic E-state index is 14.1. The number of rotatable bonds is 4. The molecule has 1 aromatic rings. The average Bonchev–Trinajstić information content (AvgIpc) is 2.86. The van der Waals surface area contributed by atoms with Gasteiger partial charge >= 0.3 is 0 Å². The summed E-state index contributed by atoms with van der Waals surface area (Å²) in [6.07, 6.45) is 0.302. The predicted octanol–water partition coefficient (Wildman–Crippen LogP) is -0.560. The number of phenolic OH excluding ortho intramolecular Hbond substituents is 1. The molecule has 1 saturated carbocycles. The van der Waals surface area contributed by atoms with Crippen molar-refractivity contribution < 1.29 is 34.8 Å². The Morgan fingerprint density at radius 3 is 2.33 bits per heavy atom. The van der Waals surface area contributed by atoms with E-state index in [-0.39, 0.29) is 29.7 Å². The van der Waals surface area contributed by atoms with Crippen molar-refractivity contribution in [1.82, 2.24) is 10.2 Å². The molecule has 1 aromatic carbocycles. The van der Waals surface area contributed by atoms with Gasteiger partial charge in [-0.1, -0.05) is 0 Å². The van der Waals surface area contributed by atoms with Gasteiger partial charge in [0.05, 0.1) is 17.3 Å². The number of hydrogen-bond donors (Lipinski definition) is 6. The van der Waals surface area contributed by atoms with Gasteiger partial charge < -0.3 is 41.3 Å². The van der Waals surface area contributed by atoms with Crippen molar-refractivity contribution in [3.63, 3.8) is 0 Å². The molecule has 210 valence electrons. The highest BCUT2D eigenvalue weighted by molar-refractivity contribution is 6.24. The highest BCUT2D eigenvalue weighted by atomic mass is 16.3. The largest absolute Gasteiger partial charge is 0.508 e. The lowest BCUT2D eigenvalue weighted by atomic mass is 9.57. The van der Waals surface area contributed by atoms with E-state index in [9.17, 15) is 34.8 Å². The molecule has 3 aliphatic carbocycles. The SMILES string of the molecule is CN(C)c1cc(N2CCNCC2)c(O)c2c1C[C@H]1C[C@H]3[C@H](N(C)C)C(=O)C(C(N)=O)=C(O)[C@@]3(O)C(=O)C1=C2O. The average molecular weight is 542 g/mol. The van der Waals surface area contributed by atoms with Crippen LogP contribution in [0.1, 0.15) is 17.5 Å². The second-order valence-electron chi connectivity index (χ2n) is 11.2. The van der Waals surface area contributed by atoms with Crippen LogP contribution in [0.5, 0.6) is 5.75 Å². The molecule has 1 amide bonds. The number of nitrogens with two attached hydrogens (primary N) is 1. The quantitative estimate of drug-likeness (QED) is 0.269. The minimum atomic E-state index is -2.65. The molecule has 39 heavy (non-hydrogen) atoms. The lowest BCUT2D eigenvalue weighted by Crippen LogP contribution is -2.65. The van der Waals surface area contributed by atoms with E-state index in [4.69, 9.17) is 5.73 Å². The molecular formula is C27H35N5O7. The van der Waals surface area contributed by atoms with Crippen LogP contribution in [0.15, 0.2) is 23.0 Å². The molecule has 4 aliphatic rings. The zero-order valence-corrected chi connectivity index (χ0v) is 22.5. The lowest BCUT2D eigenvalue weighted by Gasteiger charge is -2.50. The first-order valence-corrected chi connectivity index (χ1v) is 13.0. The molecule has 12 heteroatoms. The number of nitrogens with zero attached hydrogens (tertiary/aromatic N) is 3. The number of nitrogens with one attached hydrogen (secondary N) is 1. The molecule has 1 heterocycles. The molecule has 0 aromatic heterocycles. The summed E-state index contributed by atoms with van der Waals surface area (Å²) < 4.78 is 0. The van der Waals surface area contributed by atoms with Gasteiger partial charge in [-0.2, -0.15) is 0 Å². The minimum Gasteiger partial charge on any atom is -0.508 e. The van der Waals surface area contributed by atoms with Gasteiger partial charge in [-0.3, -0.25) is 19.3 Å². The summed E-state index contributed by atoms with van der Waals surface area (Å²) >= 11 is 0. The summed E-state index contributed by atoms with van der Waals surface area (Å²) in [5.41, 5.74) is 3.77. The number of Topliss-reactive ketones (excluding diaryl/α,β-unsaturated/α-hetero) is 2. The van der Waals surface area contributed by atoms with Gasteiger partial charge in [-0.25, -0.2) is 0 Å². The summed E-state index contributed by atoms with van der Waals surface area (Å²) in [5.74, 6) is -6.51. The van der Waals surface area contributed by atoms with Crippen molar-refractivity contribution in [2.45, 2.75) is 24.5 Å². The fourth-order valence-electron chi connectivity index (χ4n) is 6.82. The monoisotopic (exact) mass is 541 g/mol. The Morgan fingerprint density at radius 1 is 1.13 bits per heavy atom. The van der Waals surface area contributed by atoms with Gasteiger partial charge in [0.2, 0.25) is 5.78 Å². The normalized spacial score (nSPS) is 28.9. The zero-order chi connectivity index (χ0) is 28.5. The third-order valence-electron chi connectivity index (χ3n) is 8.62. The van der Waals surface area contributed by atoms with E-state index < -0.39 is 58.0 Å². The molecule has 7 N–H and O–H groups in total. The number of piperazine rings is 1. The van der Waals surface area contributed by atoms with Crippen molar-refractivity contribution >= 4 is 34.6 Å². The van der Waals surface area contributed by atoms with Crippen LogP contribution >= 0.6 is 0 Å². The zero-order valence-electron chi connectivity index (χ0n) is 22.5. The van der Waals surface area contributed by atoms with Crippen molar-refractivity contribution in [2.24, 2.45) is 17.6 Å². The number of hydrogen-bond acceptors (Lipinski definition) is 11. The van der Waals surface area contributed by atoms with Crippen molar-refractivity contribution in [2.75, 3.05) is 64.2 Å². The van der Waals surface area contributed by atoms with Crippen LogP contribution in [0.25, 0.3) is 5.76 Å². The van der Waals surface area contributed by atoms with Crippen molar-refractivity contribution in [3.8, 4) is 5.75 Å². The molecule has 1 aliphatic heterocycles. The number of anilines is 2. The molecule has 5 rings (SSSR count). The number of aliphatic hydroxyl groups excluding tert-OH is 2. The van der Waals surface area contributed by atoms with E-state index in [1.54, 1.807) is 14.1 Å². The van der Waals surface area contributed by atoms with E-state index in [1.807, 2.05) is 30.0 Å². The topological polar surface area (TPSA) is 180 Å². The van der Waals surface area contributed by atoms with Crippen LogP contribution in [-0.2, 0) is 20.8 Å². The fraction of sp³-hybridized carbons (Fsp3) is 0.519. The van der Waals surface area contributed by atoms with E-state index in [2.05, 4.69) is 5.32 Å². The Morgan fingerprint density at radius 2 is 1.77 bits per heavy atom. The molecule has 12 nitrogen and oxygen atoms in total. The van der Waals surface area contributed by atoms with E-state index in [0.717, 1.165) is 18.8 Å². The molecular weight excluding hydrogens is 506 g/mol. The number of benzene rings is 1. The summed E-state index contributed by atoms with van der Waals surface area (Å²) in [6, 6.07) is 0.762. The molecule has 0 spiro atoms. The lowest BCUT2D eigenvalue weighted by molar-refractivity contribution is -0.153.